The first kappa shape index (κ1) is 15.5. The van der Waals surface area contributed by atoms with Gasteiger partial charge in [-0.1, -0.05) is 24.6 Å². The van der Waals surface area contributed by atoms with Crippen molar-refractivity contribution in [2.75, 3.05) is 6.54 Å². The largest absolute Gasteiger partial charge is 0.310 e. The standard InChI is InChI=1S/C16H21ClN2S/c1-5-18-15(9-16-19-11(3)12(4)20-16)14-8-13(17)7-6-10(14)2/h6-8,15,18H,5,9H2,1-4H3. The number of aryl methyl sites for hydroxylation is 3. The highest BCUT2D eigenvalue weighted by atomic mass is 35.5. The maximum Gasteiger partial charge on any atom is 0.0949 e. The second-order valence-electron chi connectivity index (χ2n) is 5.06. The van der Waals surface area contributed by atoms with E-state index in [2.05, 4.69) is 50.1 Å². The minimum atomic E-state index is 0.267. The number of hydrogen-bond donors (Lipinski definition) is 1. The molecule has 1 atom stereocenters. The number of nitrogens with one attached hydrogen (secondary N) is 1. The summed E-state index contributed by atoms with van der Waals surface area (Å²) in [5, 5.41) is 5.53. The quantitative estimate of drug-likeness (QED) is 0.872. The number of halogens is 1. The van der Waals surface area contributed by atoms with E-state index in [0.717, 1.165) is 23.7 Å². The highest BCUT2D eigenvalue weighted by Crippen LogP contribution is 2.27. The van der Waals surface area contributed by atoms with Crippen LogP contribution in [0.1, 0.15) is 39.7 Å². The molecule has 1 aromatic heterocycles. The Bertz CT molecular complexity index is 573. The van der Waals surface area contributed by atoms with Gasteiger partial charge >= 0.3 is 0 Å². The zero-order valence-corrected chi connectivity index (χ0v) is 14.0. The minimum absolute atomic E-state index is 0.267. The first-order valence-corrected chi connectivity index (χ1v) is 8.13. The van der Waals surface area contributed by atoms with Crippen LogP contribution in [-0.2, 0) is 6.42 Å². The van der Waals surface area contributed by atoms with Gasteiger partial charge in [-0.05, 0) is 50.6 Å². The Balaban J connectivity index is 2.28. The highest BCUT2D eigenvalue weighted by molar-refractivity contribution is 7.11. The molecule has 2 nitrogen and oxygen atoms in total. The molecule has 0 radical (unpaired) electrons. The lowest BCUT2D eigenvalue weighted by atomic mass is 9.99. The number of hydrogen-bond acceptors (Lipinski definition) is 3. The molecular weight excluding hydrogens is 288 g/mol. The molecule has 1 heterocycles. The van der Waals surface area contributed by atoms with Gasteiger partial charge in [-0.3, -0.25) is 0 Å². The molecule has 20 heavy (non-hydrogen) atoms. The Kier molecular flexibility index (Phi) is 5.19. The maximum absolute atomic E-state index is 6.15. The van der Waals surface area contributed by atoms with Crippen LogP contribution in [0, 0.1) is 20.8 Å². The Morgan fingerprint density at radius 2 is 2.05 bits per heavy atom. The van der Waals surface area contributed by atoms with Gasteiger partial charge in [0.2, 0.25) is 0 Å². The van der Waals surface area contributed by atoms with Gasteiger partial charge in [-0.15, -0.1) is 11.3 Å². The summed E-state index contributed by atoms with van der Waals surface area (Å²) in [5.74, 6) is 0. The molecule has 1 aromatic carbocycles. The summed E-state index contributed by atoms with van der Waals surface area (Å²) >= 11 is 7.94. The van der Waals surface area contributed by atoms with Crippen LogP contribution < -0.4 is 5.32 Å². The van der Waals surface area contributed by atoms with Crippen molar-refractivity contribution >= 4 is 22.9 Å². The topological polar surface area (TPSA) is 24.9 Å². The van der Waals surface area contributed by atoms with Crippen molar-refractivity contribution in [2.24, 2.45) is 0 Å². The fourth-order valence-corrected chi connectivity index (χ4v) is 3.49. The predicted octanol–water partition coefficient (Wildman–Crippen LogP) is 4.62. The molecule has 4 heteroatoms. The smallest absolute Gasteiger partial charge is 0.0949 e. The number of benzene rings is 1. The summed E-state index contributed by atoms with van der Waals surface area (Å²) in [6.07, 6.45) is 0.911. The molecule has 0 amide bonds. The molecule has 0 spiro atoms. The van der Waals surface area contributed by atoms with E-state index in [4.69, 9.17) is 11.6 Å². The SMILES string of the molecule is CCNC(Cc1nc(C)c(C)s1)c1cc(Cl)ccc1C. The monoisotopic (exact) mass is 308 g/mol. The number of rotatable bonds is 5. The number of nitrogens with zero attached hydrogens (tertiary/aromatic N) is 1. The average Bonchev–Trinajstić information content (AvgIpc) is 2.71. The molecule has 0 aliphatic heterocycles. The summed E-state index contributed by atoms with van der Waals surface area (Å²) in [7, 11) is 0. The van der Waals surface area contributed by atoms with E-state index in [1.165, 1.54) is 21.0 Å². The number of aromatic nitrogens is 1. The van der Waals surface area contributed by atoms with Gasteiger partial charge in [-0.25, -0.2) is 4.98 Å². The van der Waals surface area contributed by atoms with E-state index < -0.39 is 0 Å². The molecule has 0 saturated heterocycles. The Morgan fingerprint density at radius 3 is 2.65 bits per heavy atom. The fraction of sp³-hybridized carbons (Fsp3) is 0.438. The Morgan fingerprint density at radius 1 is 1.30 bits per heavy atom. The molecule has 0 aliphatic carbocycles. The lowest BCUT2D eigenvalue weighted by Crippen LogP contribution is -2.23. The van der Waals surface area contributed by atoms with Gasteiger partial charge in [0.05, 0.1) is 10.7 Å². The van der Waals surface area contributed by atoms with Crippen molar-refractivity contribution in [1.29, 1.82) is 0 Å². The lowest BCUT2D eigenvalue weighted by Gasteiger charge is -2.19. The minimum Gasteiger partial charge on any atom is -0.310 e. The normalized spacial score (nSPS) is 12.7. The summed E-state index contributed by atoms with van der Waals surface area (Å²) in [6, 6.07) is 6.36. The van der Waals surface area contributed by atoms with E-state index in [-0.39, 0.29) is 6.04 Å². The van der Waals surface area contributed by atoms with Gasteiger partial charge in [0.15, 0.2) is 0 Å². The zero-order chi connectivity index (χ0) is 14.7. The third-order valence-electron chi connectivity index (χ3n) is 3.52. The maximum atomic E-state index is 6.15. The van der Waals surface area contributed by atoms with Crippen molar-refractivity contribution in [3.05, 3.63) is 49.9 Å². The van der Waals surface area contributed by atoms with Crippen LogP contribution >= 0.6 is 22.9 Å². The van der Waals surface area contributed by atoms with Crippen molar-refractivity contribution in [1.82, 2.24) is 10.3 Å². The first-order valence-electron chi connectivity index (χ1n) is 6.93. The van der Waals surface area contributed by atoms with Crippen LogP contribution in [0.25, 0.3) is 0 Å². The first-order chi connectivity index (χ1) is 9.51. The molecule has 0 aliphatic rings. The average molecular weight is 309 g/mol. The van der Waals surface area contributed by atoms with Gasteiger partial charge in [0.25, 0.3) is 0 Å². The lowest BCUT2D eigenvalue weighted by molar-refractivity contribution is 0.546. The molecule has 0 bridgehead atoms. The third-order valence-corrected chi connectivity index (χ3v) is 4.85. The van der Waals surface area contributed by atoms with Crippen LogP contribution in [0.5, 0.6) is 0 Å². The van der Waals surface area contributed by atoms with Crippen LogP contribution in [0.2, 0.25) is 5.02 Å². The third kappa shape index (κ3) is 3.60. The van der Waals surface area contributed by atoms with Crippen LogP contribution in [-0.4, -0.2) is 11.5 Å². The van der Waals surface area contributed by atoms with Crippen LogP contribution in [0.15, 0.2) is 18.2 Å². The van der Waals surface area contributed by atoms with Crippen molar-refractivity contribution in [3.8, 4) is 0 Å². The molecule has 108 valence electrons. The molecule has 0 saturated carbocycles. The summed E-state index contributed by atoms with van der Waals surface area (Å²) in [4.78, 5) is 5.96. The molecule has 2 aromatic rings. The van der Waals surface area contributed by atoms with Gasteiger partial charge in [-0.2, -0.15) is 0 Å². The van der Waals surface area contributed by atoms with E-state index in [1.54, 1.807) is 11.3 Å². The van der Waals surface area contributed by atoms with Crippen molar-refractivity contribution in [3.63, 3.8) is 0 Å². The molecule has 2 rings (SSSR count). The Hall–Kier alpha value is -0.900. The van der Waals surface area contributed by atoms with Crippen molar-refractivity contribution in [2.45, 2.75) is 40.2 Å². The van der Waals surface area contributed by atoms with Crippen LogP contribution in [0.3, 0.4) is 0 Å². The van der Waals surface area contributed by atoms with Crippen molar-refractivity contribution < 1.29 is 0 Å². The highest BCUT2D eigenvalue weighted by Gasteiger charge is 2.16. The molecule has 1 N–H and O–H groups in total. The zero-order valence-electron chi connectivity index (χ0n) is 12.5. The van der Waals surface area contributed by atoms with Gasteiger partial charge < -0.3 is 5.32 Å². The fourth-order valence-electron chi connectivity index (χ4n) is 2.33. The second-order valence-corrected chi connectivity index (χ2v) is 6.79. The van der Waals surface area contributed by atoms with Gasteiger partial charge in [0.1, 0.15) is 0 Å². The number of thiazole rings is 1. The molecular formula is C16H21ClN2S. The summed E-state index contributed by atoms with van der Waals surface area (Å²) < 4.78 is 0. The predicted molar refractivity (Wildman–Crippen MR) is 87.9 cm³/mol. The van der Waals surface area contributed by atoms with Crippen LogP contribution in [0.4, 0.5) is 0 Å². The van der Waals surface area contributed by atoms with E-state index >= 15 is 0 Å². The van der Waals surface area contributed by atoms with E-state index in [1.807, 2.05) is 6.07 Å². The van der Waals surface area contributed by atoms with E-state index in [0.29, 0.717) is 0 Å². The van der Waals surface area contributed by atoms with Gasteiger partial charge in [0, 0.05) is 22.4 Å². The molecule has 1 unspecified atom stereocenters. The summed E-state index contributed by atoms with van der Waals surface area (Å²) in [6.45, 7) is 9.39. The second kappa shape index (κ2) is 6.70. The molecule has 0 fully saturated rings. The Labute approximate surface area is 130 Å². The number of likely N-dealkylation sites (N-methyl/N-ethyl adjacent to an activating group) is 1. The summed E-state index contributed by atoms with van der Waals surface area (Å²) in [5.41, 5.74) is 3.68. The van der Waals surface area contributed by atoms with E-state index in [9.17, 15) is 0 Å².